The van der Waals surface area contributed by atoms with E-state index in [1.807, 2.05) is 12.1 Å². The van der Waals surface area contributed by atoms with Crippen molar-refractivity contribution in [1.29, 1.82) is 0 Å². The van der Waals surface area contributed by atoms with Gasteiger partial charge in [-0.05, 0) is 77.5 Å². The van der Waals surface area contributed by atoms with Gasteiger partial charge in [-0.25, -0.2) is 0 Å². The van der Waals surface area contributed by atoms with E-state index >= 15 is 0 Å². The second-order valence-electron chi connectivity index (χ2n) is 13.3. The summed E-state index contributed by atoms with van der Waals surface area (Å²) in [5, 5.41) is 9.09. The highest BCUT2D eigenvalue weighted by Crippen LogP contribution is 2.53. The fraction of sp³-hybridized carbons (Fsp3) is 0. The Bertz CT molecular complexity index is 2950. The van der Waals surface area contributed by atoms with Crippen molar-refractivity contribution in [1.82, 2.24) is 0 Å². The van der Waals surface area contributed by atoms with Crippen LogP contribution in [0.2, 0.25) is 0 Å². The molecule has 0 saturated heterocycles. The minimum absolute atomic E-state index is 0.839. The van der Waals surface area contributed by atoms with Crippen LogP contribution in [0.5, 0.6) is 11.5 Å². The number of para-hydroxylation sites is 5. The number of rotatable bonds is 6. The molecule has 1 aliphatic heterocycles. The van der Waals surface area contributed by atoms with Gasteiger partial charge in [-0.2, -0.15) is 0 Å². The van der Waals surface area contributed by atoms with Gasteiger partial charge in [0.25, 0.3) is 0 Å². The van der Waals surface area contributed by atoms with Crippen LogP contribution in [0.15, 0.2) is 186 Å². The normalized spacial score (nSPS) is 12.0. The molecule has 9 aromatic carbocycles. The van der Waals surface area contributed by atoms with E-state index in [4.69, 9.17) is 9.15 Å². The maximum absolute atomic E-state index is 6.96. The summed E-state index contributed by atoms with van der Waals surface area (Å²) in [7, 11) is 0. The molecule has 244 valence electrons. The Labute approximate surface area is 299 Å². The van der Waals surface area contributed by atoms with Gasteiger partial charge in [0.15, 0.2) is 5.58 Å². The van der Waals surface area contributed by atoms with Gasteiger partial charge in [0.1, 0.15) is 17.1 Å². The van der Waals surface area contributed by atoms with Crippen LogP contribution in [-0.4, -0.2) is 0 Å². The number of nitrogens with zero attached hydrogens (tertiary/aromatic N) is 2. The molecule has 1 aromatic heterocycles. The second kappa shape index (κ2) is 11.2. The lowest BCUT2D eigenvalue weighted by Crippen LogP contribution is -2.11. The summed E-state index contributed by atoms with van der Waals surface area (Å²) in [6.45, 7) is 0. The minimum Gasteiger partial charge on any atom is -0.456 e. The molecular weight excluding hydrogens is 637 g/mol. The highest BCUT2D eigenvalue weighted by atomic mass is 16.5. The molecule has 0 aliphatic carbocycles. The lowest BCUT2D eigenvalue weighted by Gasteiger charge is -2.30. The van der Waals surface area contributed by atoms with E-state index in [-0.39, 0.29) is 0 Å². The lowest BCUT2D eigenvalue weighted by atomic mass is 9.91. The fourth-order valence-electron chi connectivity index (χ4n) is 8.14. The maximum Gasteiger partial charge on any atom is 0.159 e. The van der Waals surface area contributed by atoms with E-state index in [9.17, 15) is 0 Å². The van der Waals surface area contributed by atoms with E-state index in [0.717, 1.165) is 89.1 Å². The van der Waals surface area contributed by atoms with Gasteiger partial charge in [0.05, 0.1) is 17.1 Å². The summed E-state index contributed by atoms with van der Waals surface area (Å²) in [6.07, 6.45) is 0. The zero-order chi connectivity index (χ0) is 34.2. The van der Waals surface area contributed by atoms with Gasteiger partial charge in [-0.1, -0.05) is 109 Å². The molecule has 4 heteroatoms. The first-order chi connectivity index (χ1) is 25.8. The largest absolute Gasteiger partial charge is 0.456 e. The highest BCUT2D eigenvalue weighted by molar-refractivity contribution is 6.28. The molecule has 0 N–H and O–H groups in total. The molecule has 0 fully saturated rings. The SMILES string of the molecule is c1ccc(N(c2ccccc2)c2cc3ccc4cc(N(c5ccccc5)c5cccc6c5oc5ccccc56)cc5c4c3c3c(cccc23)O5)cc1. The van der Waals surface area contributed by atoms with Crippen molar-refractivity contribution in [3.8, 4) is 11.5 Å². The molecule has 0 amide bonds. The van der Waals surface area contributed by atoms with E-state index in [0.29, 0.717) is 0 Å². The Kier molecular flexibility index (Phi) is 6.22. The zero-order valence-electron chi connectivity index (χ0n) is 28.0. The van der Waals surface area contributed by atoms with Crippen molar-refractivity contribution in [2.45, 2.75) is 0 Å². The van der Waals surface area contributed by atoms with Crippen molar-refractivity contribution in [2.75, 3.05) is 9.80 Å². The summed E-state index contributed by atoms with van der Waals surface area (Å²) < 4.78 is 13.5. The second-order valence-corrected chi connectivity index (χ2v) is 13.3. The van der Waals surface area contributed by atoms with Crippen molar-refractivity contribution in [3.05, 3.63) is 182 Å². The first-order valence-electron chi connectivity index (χ1n) is 17.6. The number of hydrogen-bond acceptors (Lipinski definition) is 4. The first kappa shape index (κ1) is 28.8. The van der Waals surface area contributed by atoms with Crippen molar-refractivity contribution < 1.29 is 9.15 Å². The quantitative estimate of drug-likeness (QED) is 0.165. The fourth-order valence-corrected chi connectivity index (χ4v) is 8.14. The van der Waals surface area contributed by atoms with Crippen LogP contribution in [0.1, 0.15) is 0 Å². The van der Waals surface area contributed by atoms with Gasteiger partial charge in [-0.3, -0.25) is 0 Å². The predicted molar refractivity (Wildman–Crippen MR) is 216 cm³/mol. The standard InChI is InChI=1S/C48H30N2O2/c1-4-14-33(15-5-1)49(34-16-6-2-7-17-34)41-29-32-27-26-31-28-36(30-44-45(31)46(32)47-39(41)22-13-25-43(47)51-44)50(35-18-8-3-9-19-35)40-23-12-21-38-37-20-10-11-24-42(37)52-48(38)40/h1-30H. The first-order valence-corrected chi connectivity index (χ1v) is 17.6. The molecule has 2 heterocycles. The summed E-state index contributed by atoms with van der Waals surface area (Å²) in [6, 6.07) is 64.0. The van der Waals surface area contributed by atoms with Gasteiger partial charge < -0.3 is 19.0 Å². The molecule has 0 saturated carbocycles. The highest BCUT2D eigenvalue weighted by Gasteiger charge is 2.26. The number of benzene rings is 9. The molecule has 1 aliphatic rings. The molecule has 4 nitrogen and oxygen atoms in total. The smallest absolute Gasteiger partial charge is 0.159 e. The van der Waals surface area contributed by atoms with Gasteiger partial charge in [-0.15, -0.1) is 0 Å². The summed E-state index contributed by atoms with van der Waals surface area (Å²) in [5.74, 6) is 1.69. The maximum atomic E-state index is 6.96. The number of fused-ring (bicyclic) bond motifs is 3. The van der Waals surface area contributed by atoms with E-state index < -0.39 is 0 Å². The number of furan rings is 1. The van der Waals surface area contributed by atoms with E-state index in [2.05, 4.69) is 180 Å². The molecule has 0 unspecified atom stereocenters. The Hall–Kier alpha value is -7.04. The third-order valence-corrected chi connectivity index (χ3v) is 10.3. The predicted octanol–water partition coefficient (Wildman–Crippen LogP) is 14.1. The monoisotopic (exact) mass is 666 g/mol. The van der Waals surface area contributed by atoms with Crippen LogP contribution in [0, 0.1) is 0 Å². The molecule has 10 aromatic rings. The molecule has 0 atom stereocenters. The zero-order valence-corrected chi connectivity index (χ0v) is 28.0. The molecule has 52 heavy (non-hydrogen) atoms. The van der Waals surface area contributed by atoms with Crippen LogP contribution < -0.4 is 14.5 Å². The van der Waals surface area contributed by atoms with Crippen LogP contribution in [0.4, 0.5) is 34.1 Å². The topological polar surface area (TPSA) is 28.9 Å². The Balaban J connectivity index is 1.16. The molecule has 0 bridgehead atoms. The Morgan fingerprint density at radius 3 is 1.63 bits per heavy atom. The number of anilines is 6. The third-order valence-electron chi connectivity index (χ3n) is 10.3. The summed E-state index contributed by atoms with van der Waals surface area (Å²) in [4.78, 5) is 4.63. The Morgan fingerprint density at radius 2 is 0.923 bits per heavy atom. The van der Waals surface area contributed by atoms with Crippen molar-refractivity contribution in [2.24, 2.45) is 0 Å². The van der Waals surface area contributed by atoms with Gasteiger partial charge >= 0.3 is 0 Å². The minimum atomic E-state index is 0.839. The van der Waals surface area contributed by atoms with Crippen LogP contribution in [0.3, 0.4) is 0 Å². The molecule has 11 rings (SSSR count). The van der Waals surface area contributed by atoms with Crippen LogP contribution in [-0.2, 0) is 0 Å². The average Bonchev–Trinajstić information content (AvgIpc) is 3.59. The molecule has 0 radical (unpaired) electrons. The average molecular weight is 667 g/mol. The Morgan fingerprint density at radius 1 is 0.346 bits per heavy atom. The summed E-state index contributed by atoms with van der Waals surface area (Å²) >= 11 is 0. The lowest BCUT2D eigenvalue weighted by molar-refractivity contribution is 0.493. The molecular formula is C48H30N2O2. The van der Waals surface area contributed by atoms with Gasteiger partial charge in [0, 0.05) is 55.4 Å². The number of hydrogen-bond donors (Lipinski definition) is 0. The molecule has 0 spiro atoms. The van der Waals surface area contributed by atoms with E-state index in [1.165, 1.54) is 10.8 Å². The van der Waals surface area contributed by atoms with Crippen molar-refractivity contribution >= 4 is 88.4 Å². The third kappa shape index (κ3) is 4.28. The van der Waals surface area contributed by atoms with E-state index in [1.54, 1.807) is 0 Å². The van der Waals surface area contributed by atoms with Crippen LogP contribution in [0.25, 0.3) is 54.3 Å². The van der Waals surface area contributed by atoms with Crippen LogP contribution >= 0.6 is 0 Å². The summed E-state index contributed by atoms with van der Waals surface area (Å²) in [5.41, 5.74) is 8.03. The van der Waals surface area contributed by atoms with Crippen molar-refractivity contribution in [3.63, 3.8) is 0 Å². The van der Waals surface area contributed by atoms with Gasteiger partial charge in [0.2, 0.25) is 0 Å². The number of ether oxygens (including phenoxy) is 1.